The lowest BCUT2D eigenvalue weighted by atomic mass is 10.1. The zero-order valence-electron chi connectivity index (χ0n) is 14.1. The van der Waals surface area contributed by atoms with Gasteiger partial charge in [-0.15, -0.1) is 0 Å². The van der Waals surface area contributed by atoms with Gasteiger partial charge < -0.3 is 14.6 Å². The molecule has 2 heterocycles. The van der Waals surface area contributed by atoms with Crippen molar-refractivity contribution in [3.8, 4) is 11.3 Å². The molecule has 0 aliphatic carbocycles. The first-order chi connectivity index (χ1) is 12.1. The lowest BCUT2D eigenvalue weighted by Gasteiger charge is -2.32. The molecule has 2 aromatic rings. The van der Waals surface area contributed by atoms with E-state index >= 15 is 0 Å². The maximum atomic E-state index is 12.7. The van der Waals surface area contributed by atoms with Gasteiger partial charge >= 0.3 is 0 Å². The van der Waals surface area contributed by atoms with Crippen molar-refractivity contribution in [3.63, 3.8) is 0 Å². The number of halogens is 1. The van der Waals surface area contributed by atoms with Gasteiger partial charge in [0, 0.05) is 31.1 Å². The molecule has 2 amide bonds. The topological polar surface area (TPSA) is 62.6 Å². The van der Waals surface area contributed by atoms with Crippen molar-refractivity contribution in [1.29, 1.82) is 0 Å². The summed E-state index contributed by atoms with van der Waals surface area (Å²) < 4.78 is 5.74. The van der Waals surface area contributed by atoms with E-state index in [0.717, 1.165) is 18.4 Å². The van der Waals surface area contributed by atoms with Crippen molar-refractivity contribution in [2.24, 2.45) is 0 Å². The summed E-state index contributed by atoms with van der Waals surface area (Å²) in [4.78, 5) is 26.0. The van der Waals surface area contributed by atoms with E-state index in [9.17, 15) is 9.59 Å². The summed E-state index contributed by atoms with van der Waals surface area (Å²) in [6.07, 6.45) is 2.20. The Balaban J connectivity index is 1.71. The van der Waals surface area contributed by atoms with Crippen molar-refractivity contribution in [2.45, 2.75) is 32.2 Å². The maximum Gasteiger partial charge on any atom is 0.289 e. The van der Waals surface area contributed by atoms with Crippen LogP contribution in [-0.4, -0.2) is 35.8 Å². The Morgan fingerprint density at radius 2 is 2.08 bits per heavy atom. The average molecular weight is 361 g/mol. The third-order valence-electron chi connectivity index (χ3n) is 4.35. The number of rotatable bonds is 4. The predicted octanol–water partition coefficient (Wildman–Crippen LogP) is 3.73. The summed E-state index contributed by atoms with van der Waals surface area (Å²) in [5.41, 5.74) is 0.759. The first-order valence-corrected chi connectivity index (χ1v) is 8.89. The van der Waals surface area contributed by atoms with Gasteiger partial charge in [0.2, 0.25) is 5.91 Å². The zero-order valence-corrected chi connectivity index (χ0v) is 14.9. The Morgan fingerprint density at radius 1 is 1.28 bits per heavy atom. The van der Waals surface area contributed by atoms with Crippen LogP contribution in [0.25, 0.3) is 11.3 Å². The molecule has 1 aromatic carbocycles. The van der Waals surface area contributed by atoms with Crippen LogP contribution < -0.4 is 5.32 Å². The monoisotopic (exact) mass is 360 g/mol. The number of carbonyl (C=O) groups is 2. The molecule has 25 heavy (non-hydrogen) atoms. The molecule has 0 saturated carbocycles. The number of carbonyl (C=O) groups excluding carboxylic acids is 2. The Labute approximate surface area is 151 Å². The van der Waals surface area contributed by atoms with Gasteiger partial charge in [0.15, 0.2) is 5.76 Å². The number of nitrogens with zero attached hydrogens (tertiary/aromatic N) is 1. The van der Waals surface area contributed by atoms with Gasteiger partial charge in [0.25, 0.3) is 5.91 Å². The van der Waals surface area contributed by atoms with Crippen molar-refractivity contribution >= 4 is 23.4 Å². The Kier molecular flexibility index (Phi) is 5.43. The van der Waals surface area contributed by atoms with Crippen LogP contribution in [0, 0.1) is 0 Å². The van der Waals surface area contributed by atoms with Gasteiger partial charge in [0.1, 0.15) is 5.76 Å². The van der Waals surface area contributed by atoms with Crippen LogP contribution in [0.3, 0.4) is 0 Å². The Bertz CT molecular complexity index is 772. The minimum Gasteiger partial charge on any atom is -0.451 e. The van der Waals surface area contributed by atoms with Crippen LogP contribution in [0.4, 0.5) is 0 Å². The first kappa shape index (κ1) is 17.5. The summed E-state index contributed by atoms with van der Waals surface area (Å²) in [7, 11) is 0. The summed E-state index contributed by atoms with van der Waals surface area (Å²) in [6, 6.07) is 10.8. The Hall–Kier alpha value is -2.27. The van der Waals surface area contributed by atoms with Gasteiger partial charge in [0.05, 0.1) is 5.02 Å². The zero-order chi connectivity index (χ0) is 17.8. The normalized spacial score (nSPS) is 17.4. The molecule has 6 heteroatoms. The van der Waals surface area contributed by atoms with Crippen LogP contribution in [0.2, 0.25) is 5.02 Å². The van der Waals surface area contributed by atoms with E-state index < -0.39 is 0 Å². The highest BCUT2D eigenvalue weighted by Gasteiger charge is 2.27. The number of hydrogen-bond donors (Lipinski definition) is 1. The quantitative estimate of drug-likeness (QED) is 0.903. The van der Waals surface area contributed by atoms with Crippen molar-refractivity contribution < 1.29 is 14.0 Å². The van der Waals surface area contributed by atoms with E-state index in [4.69, 9.17) is 16.0 Å². The van der Waals surface area contributed by atoms with E-state index in [1.807, 2.05) is 25.1 Å². The van der Waals surface area contributed by atoms with Gasteiger partial charge in [-0.05, 0) is 37.1 Å². The molecule has 0 bridgehead atoms. The first-order valence-electron chi connectivity index (χ1n) is 8.52. The minimum absolute atomic E-state index is 0.00292. The minimum atomic E-state index is -0.159. The number of furan rings is 1. The second-order valence-corrected chi connectivity index (χ2v) is 6.56. The van der Waals surface area contributed by atoms with Crippen molar-refractivity contribution in [2.75, 3.05) is 13.1 Å². The van der Waals surface area contributed by atoms with E-state index in [0.29, 0.717) is 30.3 Å². The molecule has 1 unspecified atom stereocenters. The van der Waals surface area contributed by atoms with E-state index in [-0.39, 0.29) is 23.6 Å². The van der Waals surface area contributed by atoms with Crippen LogP contribution >= 0.6 is 11.6 Å². The summed E-state index contributed by atoms with van der Waals surface area (Å²) in [5.74, 6) is 0.714. The van der Waals surface area contributed by atoms with Crippen LogP contribution in [-0.2, 0) is 4.79 Å². The Morgan fingerprint density at radius 3 is 2.84 bits per heavy atom. The highest BCUT2D eigenvalue weighted by molar-refractivity contribution is 6.33. The van der Waals surface area contributed by atoms with Crippen LogP contribution in [0.1, 0.15) is 36.7 Å². The number of hydrogen-bond acceptors (Lipinski definition) is 3. The summed E-state index contributed by atoms with van der Waals surface area (Å²) in [6.45, 7) is 2.99. The molecule has 1 aliphatic rings. The van der Waals surface area contributed by atoms with Gasteiger partial charge in [-0.2, -0.15) is 0 Å². The fraction of sp³-hybridized carbons (Fsp3) is 0.368. The second-order valence-electron chi connectivity index (χ2n) is 6.16. The fourth-order valence-corrected chi connectivity index (χ4v) is 3.25. The van der Waals surface area contributed by atoms with Gasteiger partial charge in [-0.3, -0.25) is 9.59 Å². The van der Waals surface area contributed by atoms with E-state index in [2.05, 4.69) is 5.32 Å². The van der Waals surface area contributed by atoms with Crippen molar-refractivity contribution in [1.82, 2.24) is 10.2 Å². The van der Waals surface area contributed by atoms with E-state index in [1.165, 1.54) is 0 Å². The van der Waals surface area contributed by atoms with Crippen LogP contribution in [0.5, 0.6) is 0 Å². The van der Waals surface area contributed by atoms with Gasteiger partial charge in [-0.25, -0.2) is 0 Å². The maximum absolute atomic E-state index is 12.7. The fourth-order valence-electron chi connectivity index (χ4n) is 3.02. The highest BCUT2D eigenvalue weighted by atomic mass is 35.5. The molecular weight excluding hydrogens is 340 g/mol. The number of piperidine rings is 1. The molecule has 0 radical (unpaired) electrons. The smallest absolute Gasteiger partial charge is 0.289 e. The lowest BCUT2D eigenvalue weighted by molar-refractivity contribution is -0.121. The molecule has 1 fully saturated rings. The third-order valence-corrected chi connectivity index (χ3v) is 4.68. The van der Waals surface area contributed by atoms with E-state index in [1.54, 1.807) is 23.1 Å². The molecule has 1 aromatic heterocycles. The van der Waals surface area contributed by atoms with Crippen molar-refractivity contribution in [3.05, 3.63) is 47.2 Å². The third kappa shape index (κ3) is 4.04. The molecule has 132 valence electrons. The predicted molar refractivity (Wildman–Crippen MR) is 96.5 cm³/mol. The molecule has 1 N–H and O–H groups in total. The number of amides is 2. The summed E-state index contributed by atoms with van der Waals surface area (Å²) >= 11 is 6.18. The molecule has 0 spiro atoms. The second kappa shape index (κ2) is 7.74. The molecule has 3 rings (SSSR count). The lowest BCUT2D eigenvalue weighted by Crippen LogP contribution is -2.49. The number of nitrogens with one attached hydrogen (secondary N) is 1. The SMILES string of the molecule is CCC(=O)NC1CCCN(C(=O)c2ccc(-c3ccccc3Cl)o2)C1. The molecular formula is C19H21ClN2O3. The molecule has 5 nitrogen and oxygen atoms in total. The summed E-state index contributed by atoms with van der Waals surface area (Å²) in [5, 5.41) is 3.54. The molecule has 1 saturated heterocycles. The average Bonchev–Trinajstić information content (AvgIpc) is 3.11. The number of likely N-dealkylation sites (tertiary alicyclic amines) is 1. The molecule has 1 aliphatic heterocycles. The standard InChI is InChI=1S/C19H21ClN2O3/c1-2-18(23)21-13-6-5-11-22(12-13)19(24)17-10-9-16(25-17)14-7-3-4-8-15(14)20/h3-4,7-10,13H,2,5-6,11-12H2,1H3,(H,21,23). The molecule has 1 atom stereocenters. The number of benzene rings is 1. The van der Waals surface area contributed by atoms with Crippen LogP contribution in [0.15, 0.2) is 40.8 Å². The van der Waals surface area contributed by atoms with Gasteiger partial charge in [-0.1, -0.05) is 30.7 Å². The highest BCUT2D eigenvalue weighted by Crippen LogP contribution is 2.29. The largest absolute Gasteiger partial charge is 0.451 e.